The third-order valence-corrected chi connectivity index (χ3v) is 6.98. The van der Waals surface area contributed by atoms with Crippen molar-refractivity contribution in [2.75, 3.05) is 33.4 Å². The number of methoxy groups -OCH3 is 1. The van der Waals surface area contributed by atoms with E-state index in [0.717, 1.165) is 67.7 Å². The van der Waals surface area contributed by atoms with Gasteiger partial charge in [0.05, 0.1) is 19.3 Å². The molecule has 194 valence electrons. The molecule has 1 aromatic heterocycles. The maximum Gasteiger partial charge on any atom is 0.161 e. The fraction of sp³-hybridized carbons (Fsp3) is 0.483. The molecule has 1 aliphatic heterocycles. The molecule has 36 heavy (non-hydrogen) atoms. The fourth-order valence-corrected chi connectivity index (χ4v) is 4.79. The SMILES string of the molecule is COc1cc(CN2CCCC(O)(COc3ccc(C)cc3C)CC2)ccc1OCCn1ccnc1C. The number of imidazole rings is 1. The molecule has 0 spiro atoms. The van der Waals surface area contributed by atoms with Crippen LogP contribution in [0.4, 0.5) is 0 Å². The highest BCUT2D eigenvalue weighted by molar-refractivity contribution is 5.43. The lowest BCUT2D eigenvalue weighted by molar-refractivity contribution is -0.0170. The molecule has 1 atom stereocenters. The van der Waals surface area contributed by atoms with Crippen molar-refractivity contribution in [2.45, 2.75) is 58.7 Å². The van der Waals surface area contributed by atoms with E-state index < -0.39 is 5.60 Å². The standard InChI is InChI=1S/C29H39N3O4/c1-22-6-8-26(23(2)18-22)36-21-29(33)10-5-13-31(14-11-29)20-25-7-9-27(28(19-25)34-4)35-17-16-32-15-12-30-24(32)3/h6-9,12,15,18-19,33H,5,10-11,13-14,16-17,20-21H2,1-4H3. The molecule has 1 N–H and O–H groups in total. The molecule has 0 aliphatic carbocycles. The van der Waals surface area contributed by atoms with E-state index in [0.29, 0.717) is 19.6 Å². The van der Waals surface area contributed by atoms with Gasteiger partial charge in [0.2, 0.25) is 0 Å². The monoisotopic (exact) mass is 493 g/mol. The highest BCUT2D eigenvalue weighted by Crippen LogP contribution is 2.30. The van der Waals surface area contributed by atoms with Crippen LogP contribution in [0, 0.1) is 20.8 Å². The first-order chi connectivity index (χ1) is 17.3. The average Bonchev–Trinajstić information content (AvgIpc) is 3.17. The van der Waals surface area contributed by atoms with E-state index in [-0.39, 0.29) is 0 Å². The molecule has 1 saturated heterocycles. The second-order valence-electron chi connectivity index (χ2n) is 9.91. The Morgan fingerprint density at radius 3 is 2.56 bits per heavy atom. The number of aryl methyl sites for hydroxylation is 3. The summed E-state index contributed by atoms with van der Waals surface area (Å²) in [5.74, 6) is 3.31. The first-order valence-corrected chi connectivity index (χ1v) is 12.8. The molecule has 7 nitrogen and oxygen atoms in total. The molecule has 4 rings (SSSR count). The number of hydrogen-bond acceptors (Lipinski definition) is 6. The Labute approximate surface area is 214 Å². The maximum atomic E-state index is 11.2. The molecule has 0 bridgehead atoms. The molecular weight excluding hydrogens is 454 g/mol. The van der Waals surface area contributed by atoms with Gasteiger partial charge in [-0.05, 0) is 75.9 Å². The molecule has 1 unspecified atom stereocenters. The van der Waals surface area contributed by atoms with Gasteiger partial charge in [0.15, 0.2) is 11.5 Å². The van der Waals surface area contributed by atoms with Crippen molar-refractivity contribution in [3.05, 3.63) is 71.3 Å². The summed E-state index contributed by atoms with van der Waals surface area (Å²) in [4.78, 5) is 6.64. The lowest BCUT2D eigenvalue weighted by Crippen LogP contribution is -2.37. The van der Waals surface area contributed by atoms with Crippen LogP contribution in [0.15, 0.2) is 48.8 Å². The van der Waals surface area contributed by atoms with Crippen molar-refractivity contribution in [1.29, 1.82) is 0 Å². The van der Waals surface area contributed by atoms with Crippen LogP contribution in [0.3, 0.4) is 0 Å². The smallest absolute Gasteiger partial charge is 0.161 e. The Balaban J connectivity index is 1.30. The van der Waals surface area contributed by atoms with E-state index in [9.17, 15) is 5.11 Å². The summed E-state index contributed by atoms with van der Waals surface area (Å²) in [5, 5.41) is 11.2. The highest BCUT2D eigenvalue weighted by atomic mass is 16.5. The van der Waals surface area contributed by atoms with Gasteiger partial charge in [-0.25, -0.2) is 4.98 Å². The zero-order chi connectivity index (χ0) is 25.5. The zero-order valence-electron chi connectivity index (χ0n) is 22.0. The zero-order valence-corrected chi connectivity index (χ0v) is 22.0. The Hall–Kier alpha value is -3.03. The molecule has 0 radical (unpaired) electrons. The van der Waals surface area contributed by atoms with Gasteiger partial charge in [-0.3, -0.25) is 4.90 Å². The van der Waals surface area contributed by atoms with E-state index in [4.69, 9.17) is 14.2 Å². The van der Waals surface area contributed by atoms with Crippen molar-refractivity contribution in [1.82, 2.24) is 14.5 Å². The predicted molar refractivity (Wildman–Crippen MR) is 141 cm³/mol. The number of aromatic nitrogens is 2. The van der Waals surface area contributed by atoms with Gasteiger partial charge in [0, 0.05) is 25.5 Å². The van der Waals surface area contributed by atoms with Crippen LogP contribution in [0.25, 0.3) is 0 Å². The van der Waals surface area contributed by atoms with Crippen LogP contribution in [0.2, 0.25) is 0 Å². The van der Waals surface area contributed by atoms with Gasteiger partial charge in [-0.2, -0.15) is 0 Å². The topological polar surface area (TPSA) is 69.0 Å². The number of hydrogen-bond donors (Lipinski definition) is 1. The number of benzene rings is 2. The van der Waals surface area contributed by atoms with Gasteiger partial charge in [0.1, 0.15) is 24.8 Å². The Bertz CT molecular complexity index is 1150. The van der Waals surface area contributed by atoms with Crippen LogP contribution >= 0.6 is 0 Å². The number of likely N-dealkylation sites (tertiary alicyclic amines) is 1. The van der Waals surface area contributed by atoms with Gasteiger partial charge < -0.3 is 23.9 Å². The molecule has 0 saturated carbocycles. The van der Waals surface area contributed by atoms with Crippen molar-refractivity contribution in [2.24, 2.45) is 0 Å². The minimum absolute atomic E-state index is 0.323. The Morgan fingerprint density at radius 2 is 1.81 bits per heavy atom. The summed E-state index contributed by atoms with van der Waals surface area (Å²) in [6, 6.07) is 12.3. The Kier molecular flexibility index (Phi) is 8.54. The number of rotatable bonds is 10. The van der Waals surface area contributed by atoms with E-state index in [2.05, 4.69) is 39.6 Å². The summed E-state index contributed by atoms with van der Waals surface area (Å²) in [6.45, 7) is 10.3. The first kappa shape index (κ1) is 26.0. The molecule has 0 amide bonds. The normalized spacial score (nSPS) is 18.6. The van der Waals surface area contributed by atoms with E-state index in [1.807, 2.05) is 38.2 Å². The van der Waals surface area contributed by atoms with E-state index >= 15 is 0 Å². The van der Waals surface area contributed by atoms with Crippen LogP contribution in [-0.2, 0) is 13.1 Å². The van der Waals surface area contributed by atoms with Crippen LogP contribution in [0.1, 0.15) is 41.8 Å². The maximum absolute atomic E-state index is 11.2. The van der Waals surface area contributed by atoms with Gasteiger partial charge in [-0.15, -0.1) is 0 Å². The molecule has 3 aromatic rings. The van der Waals surface area contributed by atoms with Gasteiger partial charge in [0.25, 0.3) is 0 Å². The average molecular weight is 494 g/mol. The quantitative estimate of drug-likeness (QED) is 0.442. The van der Waals surface area contributed by atoms with E-state index in [1.54, 1.807) is 13.3 Å². The lowest BCUT2D eigenvalue weighted by Gasteiger charge is -2.27. The minimum Gasteiger partial charge on any atom is -0.493 e. The number of aliphatic hydroxyl groups is 1. The largest absolute Gasteiger partial charge is 0.493 e. The summed E-state index contributed by atoms with van der Waals surface area (Å²) >= 11 is 0. The first-order valence-electron chi connectivity index (χ1n) is 12.8. The summed E-state index contributed by atoms with van der Waals surface area (Å²) in [7, 11) is 1.67. The third-order valence-electron chi connectivity index (χ3n) is 6.98. The van der Waals surface area contributed by atoms with Crippen LogP contribution < -0.4 is 14.2 Å². The van der Waals surface area contributed by atoms with E-state index in [1.165, 1.54) is 11.1 Å². The highest BCUT2D eigenvalue weighted by Gasteiger charge is 2.31. The second kappa shape index (κ2) is 11.8. The summed E-state index contributed by atoms with van der Waals surface area (Å²) < 4.78 is 19.7. The molecule has 1 fully saturated rings. The molecule has 2 heterocycles. The Morgan fingerprint density at radius 1 is 0.972 bits per heavy atom. The van der Waals surface area contributed by atoms with Gasteiger partial charge in [-0.1, -0.05) is 23.8 Å². The fourth-order valence-electron chi connectivity index (χ4n) is 4.79. The van der Waals surface area contributed by atoms with Crippen molar-refractivity contribution < 1.29 is 19.3 Å². The van der Waals surface area contributed by atoms with Crippen LogP contribution in [-0.4, -0.2) is 58.6 Å². The van der Waals surface area contributed by atoms with Crippen molar-refractivity contribution in [3.63, 3.8) is 0 Å². The molecule has 1 aliphatic rings. The third kappa shape index (κ3) is 6.80. The molecular formula is C29H39N3O4. The minimum atomic E-state index is -0.810. The van der Waals surface area contributed by atoms with Gasteiger partial charge >= 0.3 is 0 Å². The summed E-state index contributed by atoms with van der Waals surface area (Å²) in [6.07, 6.45) is 6.10. The predicted octanol–water partition coefficient (Wildman–Crippen LogP) is 4.69. The molecule has 7 heteroatoms. The lowest BCUT2D eigenvalue weighted by atomic mass is 9.96. The number of nitrogens with zero attached hydrogens (tertiary/aromatic N) is 3. The summed E-state index contributed by atoms with van der Waals surface area (Å²) in [5.41, 5.74) is 2.67. The van der Waals surface area contributed by atoms with Crippen molar-refractivity contribution in [3.8, 4) is 17.2 Å². The van der Waals surface area contributed by atoms with Crippen molar-refractivity contribution >= 4 is 0 Å². The van der Waals surface area contributed by atoms with Crippen LogP contribution in [0.5, 0.6) is 17.2 Å². The second-order valence-corrected chi connectivity index (χ2v) is 9.91. The molecule has 2 aromatic carbocycles. The number of ether oxygens (including phenoxy) is 3.